The van der Waals surface area contributed by atoms with Gasteiger partial charge in [-0.25, -0.2) is 0 Å². The predicted octanol–water partition coefficient (Wildman–Crippen LogP) is 2.65. The summed E-state index contributed by atoms with van der Waals surface area (Å²) in [5.41, 5.74) is 5.56. The van der Waals surface area contributed by atoms with Crippen LogP contribution in [0.1, 0.15) is 23.7 Å². The van der Waals surface area contributed by atoms with Gasteiger partial charge in [0.25, 0.3) is 0 Å². The molecule has 2 rings (SSSR count). The van der Waals surface area contributed by atoms with Crippen molar-refractivity contribution in [3.8, 4) is 0 Å². The number of aryl methyl sites for hydroxylation is 1. The van der Waals surface area contributed by atoms with Crippen molar-refractivity contribution in [1.82, 2.24) is 15.0 Å². The smallest absolute Gasteiger partial charge is 0.228 e. The molecule has 0 aliphatic carbocycles. The van der Waals surface area contributed by atoms with E-state index in [1.54, 1.807) is 6.92 Å². The number of hydrogen-bond acceptors (Lipinski definition) is 6. The summed E-state index contributed by atoms with van der Waals surface area (Å²) in [6, 6.07) is 3.92. The van der Waals surface area contributed by atoms with Crippen LogP contribution >= 0.6 is 22.9 Å². The number of nitrogen functional groups attached to an aromatic ring is 1. The van der Waals surface area contributed by atoms with Crippen LogP contribution in [0.4, 0.5) is 11.9 Å². The van der Waals surface area contributed by atoms with Crippen molar-refractivity contribution in [2.45, 2.75) is 19.9 Å². The zero-order chi connectivity index (χ0) is 12.4. The summed E-state index contributed by atoms with van der Waals surface area (Å²) < 4.78 is 0.764. The Labute approximate surface area is 108 Å². The van der Waals surface area contributed by atoms with E-state index < -0.39 is 0 Å². The molecule has 1 atom stereocenters. The molecule has 0 amide bonds. The Morgan fingerprint density at radius 1 is 1.35 bits per heavy atom. The van der Waals surface area contributed by atoms with Gasteiger partial charge in [0.1, 0.15) is 5.82 Å². The predicted molar refractivity (Wildman–Crippen MR) is 70.3 cm³/mol. The second-order valence-corrected chi connectivity index (χ2v) is 5.32. The molecule has 0 aromatic carbocycles. The molecule has 0 aliphatic heterocycles. The van der Waals surface area contributed by atoms with Crippen molar-refractivity contribution >= 4 is 34.8 Å². The van der Waals surface area contributed by atoms with Gasteiger partial charge in [-0.3, -0.25) is 0 Å². The van der Waals surface area contributed by atoms with E-state index in [9.17, 15) is 0 Å². The molecule has 0 saturated carbocycles. The highest BCUT2D eigenvalue weighted by Gasteiger charge is 2.10. The Balaban J connectivity index is 2.15. The van der Waals surface area contributed by atoms with E-state index in [1.807, 2.05) is 19.1 Å². The quantitative estimate of drug-likeness (QED) is 0.896. The highest BCUT2D eigenvalue weighted by atomic mass is 35.5. The van der Waals surface area contributed by atoms with Gasteiger partial charge in [0, 0.05) is 4.88 Å². The summed E-state index contributed by atoms with van der Waals surface area (Å²) in [5.74, 6) is 1.29. The van der Waals surface area contributed by atoms with Crippen molar-refractivity contribution in [2.24, 2.45) is 0 Å². The van der Waals surface area contributed by atoms with Crippen LogP contribution in [0.15, 0.2) is 12.1 Å². The Hall–Kier alpha value is -1.40. The van der Waals surface area contributed by atoms with Crippen molar-refractivity contribution < 1.29 is 0 Å². The normalized spacial score (nSPS) is 12.4. The minimum absolute atomic E-state index is 0.0775. The van der Waals surface area contributed by atoms with Gasteiger partial charge in [0.2, 0.25) is 11.9 Å². The third-order valence-corrected chi connectivity index (χ3v) is 3.54. The molecule has 0 aliphatic rings. The minimum atomic E-state index is 0.0775. The van der Waals surface area contributed by atoms with Crippen LogP contribution in [-0.2, 0) is 0 Å². The Kier molecular flexibility index (Phi) is 3.44. The first-order chi connectivity index (χ1) is 8.04. The van der Waals surface area contributed by atoms with E-state index in [0.717, 1.165) is 9.21 Å². The molecule has 0 spiro atoms. The highest BCUT2D eigenvalue weighted by molar-refractivity contribution is 7.16. The second kappa shape index (κ2) is 4.85. The lowest BCUT2D eigenvalue weighted by Gasteiger charge is -2.12. The van der Waals surface area contributed by atoms with Gasteiger partial charge in [0.05, 0.1) is 10.4 Å². The minimum Gasteiger partial charge on any atom is -0.368 e. The Morgan fingerprint density at radius 3 is 2.71 bits per heavy atom. The van der Waals surface area contributed by atoms with Crippen molar-refractivity contribution in [3.63, 3.8) is 0 Å². The summed E-state index contributed by atoms with van der Waals surface area (Å²) in [6.07, 6.45) is 0. The number of thiophene rings is 1. The summed E-state index contributed by atoms with van der Waals surface area (Å²) in [7, 11) is 0. The lowest BCUT2D eigenvalue weighted by molar-refractivity contribution is 0.864. The number of hydrogen-bond donors (Lipinski definition) is 2. The molecule has 90 valence electrons. The van der Waals surface area contributed by atoms with Gasteiger partial charge in [-0.15, -0.1) is 11.3 Å². The zero-order valence-electron chi connectivity index (χ0n) is 9.44. The number of nitrogens with zero attached hydrogens (tertiary/aromatic N) is 3. The van der Waals surface area contributed by atoms with E-state index in [2.05, 4.69) is 20.3 Å². The zero-order valence-corrected chi connectivity index (χ0v) is 11.0. The first-order valence-corrected chi connectivity index (χ1v) is 6.24. The molecule has 1 unspecified atom stereocenters. The molecule has 17 heavy (non-hydrogen) atoms. The third kappa shape index (κ3) is 3.04. The number of halogens is 1. The van der Waals surface area contributed by atoms with Crippen LogP contribution in [0.5, 0.6) is 0 Å². The fourth-order valence-corrected chi connectivity index (χ4v) is 2.46. The summed E-state index contributed by atoms with van der Waals surface area (Å²) in [4.78, 5) is 13.2. The molecule has 0 radical (unpaired) electrons. The summed E-state index contributed by atoms with van der Waals surface area (Å²) in [6.45, 7) is 3.79. The van der Waals surface area contributed by atoms with Crippen LogP contribution < -0.4 is 11.1 Å². The van der Waals surface area contributed by atoms with Crippen LogP contribution in [0, 0.1) is 6.92 Å². The molecular formula is C10H12ClN5S. The number of aromatic nitrogens is 3. The van der Waals surface area contributed by atoms with E-state index in [4.69, 9.17) is 17.3 Å². The van der Waals surface area contributed by atoms with Gasteiger partial charge in [0.15, 0.2) is 0 Å². The van der Waals surface area contributed by atoms with Crippen molar-refractivity contribution in [3.05, 3.63) is 27.2 Å². The van der Waals surface area contributed by atoms with Crippen LogP contribution in [-0.4, -0.2) is 15.0 Å². The molecular weight excluding hydrogens is 258 g/mol. The van der Waals surface area contributed by atoms with Crippen LogP contribution in [0.25, 0.3) is 0 Å². The molecule has 5 nitrogen and oxygen atoms in total. The summed E-state index contributed by atoms with van der Waals surface area (Å²) in [5, 5.41) is 3.16. The SMILES string of the molecule is Cc1nc(N)nc(NC(C)c2ccc(Cl)s2)n1. The Bertz CT molecular complexity index is 507. The molecule has 2 aromatic rings. The number of rotatable bonds is 3. The monoisotopic (exact) mass is 269 g/mol. The van der Waals surface area contributed by atoms with Gasteiger partial charge in [-0.2, -0.15) is 15.0 Å². The topological polar surface area (TPSA) is 76.7 Å². The van der Waals surface area contributed by atoms with Crippen LogP contribution in [0.3, 0.4) is 0 Å². The maximum Gasteiger partial charge on any atom is 0.228 e. The standard InChI is InChI=1S/C10H12ClN5S/c1-5(7-3-4-8(11)17-7)13-10-15-6(2)14-9(12)16-10/h3-5H,1-2H3,(H3,12,13,14,15,16). The molecule has 0 fully saturated rings. The summed E-state index contributed by atoms with van der Waals surface area (Å²) >= 11 is 7.41. The maximum atomic E-state index is 5.89. The molecule has 3 N–H and O–H groups in total. The van der Waals surface area contributed by atoms with Gasteiger partial charge < -0.3 is 11.1 Å². The lowest BCUT2D eigenvalue weighted by atomic mass is 10.3. The fourth-order valence-electron chi connectivity index (χ4n) is 1.39. The maximum absolute atomic E-state index is 5.89. The average Bonchev–Trinajstić information content (AvgIpc) is 2.63. The first-order valence-electron chi connectivity index (χ1n) is 5.04. The number of nitrogens with one attached hydrogen (secondary N) is 1. The van der Waals surface area contributed by atoms with E-state index in [-0.39, 0.29) is 12.0 Å². The van der Waals surface area contributed by atoms with Crippen molar-refractivity contribution in [2.75, 3.05) is 11.1 Å². The van der Waals surface area contributed by atoms with E-state index in [0.29, 0.717) is 11.8 Å². The average molecular weight is 270 g/mol. The third-order valence-electron chi connectivity index (χ3n) is 2.13. The molecule has 0 bridgehead atoms. The van der Waals surface area contributed by atoms with E-state index >= 15 is 0 Å². The van der Waals surface area contributed by atoms with Crippen LogP contribution in [0.2, 0.25) is 4.34 Å². The van der Waals surface area contributed by atoms with Gasteiger partial charge in [-0.1, -0.05) is 11.6 Å². The fraction of sp³-hybridized carbons (Fsp3) is 0.300. The molecule has 7 heteroatoms. The van der Waals surface area contributed by atoms with Gasteiger partial charge >= 0.3 is 0 Å². The lowest BCUT2D eigenvalue weighted by Crippen LogP contribution is -2.11. The molecule has 2 aromatic heterocycles. The Morgan fingerprint density at radius 2 is 2.12 bits per heavy atom. The highest BCUT2D eigenvalue weighted by Crippen LogP contribution is 2.28. The second-order valence-electron chi connectivity index (χ2n) is 3.57. The molecule has 0 saturated heterocycles. The molecule has 2 heterocycles. The number of nitrogens with two attached hydrogens (primary N) is 1. The van der Waals surface area contributed by atoms with Gasteiger partial charge in [-0.05, 0) is 26.0 Å². The largest absolute Gasteiger partial charge is 0.368 e. The number of anilines is 2. The van der Waals surface area contributed by atoms with Crippen molar-refractivity contribution in [1.29, 1.82) is 0 Å². The van der Waals surface area contributed by atoms with E-state index in [1.165, 1.54) is 11.3 Å². The first kappa shape index (κ1) is 12.1.